The number of carbonyl (C=O) groups excluding carboxylic acids is 1. The topological polar surface area (TPSA) is 41.1 Å². The summed E-state index contributed by atoms with van der Waals surface area (Å²) in [4.78, 5) is 12.4. The summed E-state index contributed by atoms with van der Waals surface area (Å²) in [6.45, 7) is 9.35. The molecule has 0 aromatic heterocycles. The first-order valence-corrected chi connectivity index (χ1v) is 7.63. The van der Waals surface area contributed by atoms with Crippen molar-refractivity contribution in [1.82, 2.24) is 5.32 Å². The SMILES string of the molecule is CCC1CCNC(C(=O)Nc2c(C)cc(C)cc2C)C1. The van der Waals surface area contributed by atoms with Crippen LogP contribution in [0.1, 0.15) is 42.9 Å². The van der Waals surface area contributed by atoms with Gasteiger partial charge in [-0.1, -0.05) is 31.0 Å². The number of benzene rings is 1. The number of amides is 1. The van der Waals surface area contributed by atoms with Crippen LogP contribution in [0, 0.1) is 26.7 Å². The molecule has 2 rings (SSSR count). The van der Waals surface area contributed by atoms with Crippen LogP contribution >= 0.6 is 0 Å². The van der Waals surface area contributed by atoms with Gasteiger partial charge >= 0.3 is 0 Å². The Morgan fingerprint density at radius 2 is 1.95 bits per heavy atom. The summed E-state index contributed by atoms with van der Waals surface area (Å²) < 4.78 is 0. The van der Waals surface area contributed by atoms with Crippen LogP contribution in [0.5, 0.6) is 0 Å². The third-order valence-electron chi connectivity index (χ3n) is 4.33. The Balaban J connectivity index is 2.08. The van der Waals surface area contributed by atoms with Crippen molar-refractivity contribution in [3.63, 3.8) is 0 Å². The van der Waals surface area contributed by atoms with Crippen molar-refractivity contribution in [1.29, 1.82) is 0 Å². The number of aryl methyl sites for hydroxylation is 3. The number of piperidine rings is 1. The summed E-state index contributed by atoms with van der Waals surface area (Å²) in [5.41, 5.74) is 4.48. The third-order valence-corrected chi connectivity index (χ3v) is 4.33. The summed E-state index contributed by atoms with van der Waals surface area (Å²) in [7, 11) is 0. The minimum Gasteiger partial charge on any atom is -0.324 e. The molecule has 0 aliphatic carbocycles. The first kappa shape index (κ1) is 15.0. The van der Waals surface area contributed by atoms with Crippen LogP contribution in [0.3, 0.4) is 0 Å². The van der Waals surface area contributed by atoms with E-state index < -0.39 is 0 Å². The molecule has 2 atom stereocenters. The van der Waals surface area contributed by atoms with Gasteiger partial charge < -0.3 is 10.6 Å². The molecule has 2 unspecified atom stereocenters. The summed E-state index contributed by atoms with van der Waals surface area (Å²) in [5, 5.41) is 6.46. The highest BCUT2D eigenvalue weighted by Crippen LogP contribution is 2.24. The molecule has 3 heteroatoms. The molecule has 110 valence electrons. The molecule has 1 amide bonds. The van der Waals surface area contributed by atoms with Gasteiger partial charge in [0.25, 0.3) is 0 Å². The lowest BCUT2D eigenvalue weighted by molar-refractivity contribution is -0.119. The highest BCUT2D eigenvalue weighted by atomic mass is 16.2. The van der Waals surface area contributed by atoms with Gasteiger partial charge in [-0.2, -0.15) is 0 Å². The fraction of sp³-hybridized carbons (Fsp3) is 0.588. The average molecular weight is 274 g/mol. The predicted molar refractivity (Wildman–Crippen MR) is 84.1 cm³/mol. The lowest BCUT2D eigenvalue weighted by Gasteiger charge is -2.29. The Kier molecular flexibility index (Phi) is 4.81. The molecule has 0 spiro atoms. The maximum atomic E-state index is 12.4. The highest BCUT2D eigenvalue weighted by Gasteiger charge is 2.26. The molecule has 1 aromatic rings. The van der Waals surface area contributed by atoms with Gasteiger partial charge in [0.2, 0.25) is 5.91 Å². The molecule has 1 fully saturated rings. The Labute approximate surface area is 122 Å². The lowest BCUT2D eigenvalue weighted by Crippen LogP contribution is -2.46. The molecule has 0 saturated carbocycles. The quantitative estimate of drug-likeness (QED) is 0.887. The molecule has 1 heterocycles. The molecule has 1 aliphatic rings. The molecule has 0 radical (unpaired) electrons. The number of rotatable bonds is 3. The Morgan fingerprint density at radius 1 is 1.30 bits per heavy atom. The number of carbonyl (C=O) groups is 1. The van der Waals surface area contributed by atoms with E-state index in [4.69, 9.17) is 0 Å². The lowest BCUT2D eigenvalue weighted by atomic mass is 9.90. The smallest absolute Gasteiger partial charge is 0.241 e. The number of anilines is 1. The van der Waals surface area contributed by atoms with Crippen LogP contribution in [-0.2, 0) is 4.79 Å². The zero-order valence-corrected chi connectivity index (χ0v) is 13.0. The van der Waals surface area contributed by atoms with E-state index in [2.05, 4.69) is 50.5 Å². The summed E-state index contributed by atoms with van der Waals surface area (Å²) in [6, 6.07) is 4.19. The second-order valence-corrected chi connectivity index (χ2v) is 6.07. The van der Waals surface area contributed by atoms with E-state index >= 15 is 0 Å². The molecule has 2 N–H and O–H groups in total. The Hall–Kier alpha value is -1.35. The van der Waals surface area contributed by atoms with Crippen molar-refractivity contribution < 1.29 is 4.79 Å². The van der Waals surface area contributed by atoms with Crippen molar-refractivity contribution >= 4 is 11.6 Å². The maximum absolute atomic E-state index is 12.4. The molecule has 1 aliphatic heterocycles. The van der Waals surface area contributed by atoms with Gasteiger partial charge in [-0.25, -0.2) is 0 Å². The van der Waals surface area contributed by atoms with Gasteiger partial charge in [0.15, 0.2) is 0 Å². The average Bonchev–Trinajstić information content (AvgIpc) is 2.42. The molecule has 20 heavy (non-hydrogen) atoms. The van der Waals surface area contributed by atoms with Gasteiger partial charge in [-0.15, -0.1) is 0 Å². The first-order valence-electron chi connectivity index (χ1n) is 7.63. The zero-order valence-electron chi connectivity index (χ0n) is 13.0. The van der Waals surface area contributed by atoms with E-state index in [9.17, 15) is 4.79 Å². The van der Waals surface area contributed by atoms with Crippen LogP contribution < -0.4 is 10.6 Å². The van der Waals surface area contributed by atoms with E-state index in [1.54, 1.807) is 0 Å². The van der Waals surface area contributed by atoms with E-state index in [0.29, 0.717) is 5.92 Å². The highest BCUT2D eigenvalue weighted by molar-refractivity contribution is 5.96. The zero-order chi connectivity index (χ0) is 14.7. The normalized spacial score (nSPS) is 22.6. The van der Waals surface area contributed by atoms with Crippen LogP contribution in [0.15, 0.2) is 12.1 Å². The number of hydrogen-bond donors (Lipinski definition) is 2. The van der Waals surface area contributed by atoms with Crippen molar-refractivity contribution in [2.75, 3.05) is 11.9 Å². The number of hydrogen-bond acceptors (Lipinski definition) is 2. The van der Waals surface area contributed by atoms with Crippen molar-refractivity contribution in [2.24, 2.45) is 5.92 Å². The van der Waals surface area contributed by atoms with E-state index in [1.807, 2.05) is 0 Å². The van der Waals surface area contributed by atoms with Crippen LogP contribution in [0.2, 0.25) is 0 Å². The first-order chi connectivity index (χ1) is 9.51. The third kappa shape index (κ3) is 3.40. The predicted octanol–water partition coefficient (Wildman–Crippen LogP) is 3.33. The van der Waals surface area contributed by atoms with Gasteiger partial charge in [0.1, 0.15) is 0 Å². The fourth-order valence-corrected chi connectivity index (χ4v) is 3.15. The monoisotopic (exact) mass is 274 g/mol. The van der Waals surface area contributed by atoms with Gasteiger partial charge in [0, 0.05) is 5.69 Å². The van der Waals surface area contributed by atoms with E-state index in [0.717, 1.165) is 36.2 Å². The fourth-order valence-electron chi connectivity index (χ4n) is 3.15. The van der Waals surface area contributed by atoms with Gasteiger partial charge in [-0.05, 0) is 57.2 Å². The second kappa shape index (κ2) is 6.40. The second-order valence-electron chi connectivity index (χ2n) is 6.07. The van der Waals surface area contributed by atoms with Crippen molar-refractivity contribution in [3.05, 3.63) is 28.8 Å². The molecular formula is C17H26N2O. The Morgan fingerprint density at radius 3 is 2.55 bits per heavy atom. The van der Waals surface area contributed by atoms with E-state index in [1.165, 1.54) is 12.0 Å². The minimum atomic E-state index is -0.0474. The largest absolute Gasteiger partial charge is 0.324 e. The minimum absolute atomic E-state index is 0.0474. The van der Waals surface area contributed by atoms with Crippen molar-refractivity contribution in [2.45, 2.75) is 53.0 Å². The van der Waals surface area contributed by atoms with Gasteiger partial charge in [-0.3, -0.25) is 4.79 Å². The van der Waals surface area contributed by atoms with Crippen molar-refractivity contribution in [3.8, 4) is 0 Å². The standard InChI is InChI=1S/C17H26N2O/c1-5-14-6-7-18-15(10-14)17(20)19-16-12(3)8-11(2)9-13(16)4/h8-9,14-15,18H,5-7,10H2,1-4H3,(H,19,20). The Bertz CT molecular complexity index is 473. The van der Waals surface area contributed by atoms with E-state index in [-0.39, 0.29) is 11.9 Å². The molecule has 0 bridgehead atoms. The summed E-state index contributed by atoms with van der Waals surface area (Å²) in [6.07, 6.45) is 3.29. The van der Waals surface area contributed by atoms with Gasteiger partial charge in [0.05, 0.1) is 6.04 Å². The summed E-state index contributed by atoms with van der Waals surface area (Å²) in [5.74, 6) is 0.783. The summed E-state index contributed by atoms with van der Waals surface area (Å²) >= 11 is 0. The van der Waals surface area contributed by atoms with Crippen LogP contribution in [0.4, 0.5) is 5.69 Å². The van der Waals surface area contributed by atoms with Crippen LogP contribution in [-0.4, -0.2) is 18.5 Å². The number of nitrogens with one attached hydrogen (secondary N) is 2. The maximum Gasteiger partial charge on any atom is 0.241 e. The molecular weight excluding hydrogens is 248 g/mol. The molecule has 1 aromatic carbocycles. The molecule has 3 nitrogen and oxygen atoms in total. The van der Waals surface area contributed by atoms with Crippen LogP contribution in [0.25, 0.3) is 0 Å². The molecule has 1 saturated heterocycles.